The summed E-state index contributed by atoms with van der Waals surface area (Å²) >= 11 is 0. The predicted molar refractivity (Wildman–Crippen MR) is 66.8 cm³/mol. The first-order chi connectivity index (χ1) is 8.38. The van der Waals surface area contributed by atoms with E-state index in [0.29, 0.717) is 19.4 Å². The van der Waals surface area contributed by atoms with Crippen LogP contribution in [0, 0.1) is 5.92 Å². The minimum Gasteiger partial charge on any atom is -0.481 e. The lowest BCUT2D eigenvalue weighted by atomic mass is 9.96. The number of hydrogen-bond donors (Lipinski definition) is 1. The third kappa shape index (κ3) is 3.93. The molecule has 1 fully saturated rings. The smallest absolute Gasteiger partial charge is 0.307 e. The summed E-state index contributed by atoms with van der Waals surface area (Å²) < 4.78 is 30.5. The molecule has 0 aromatic rings. The van der Waals surface area contributed by atoms with Gasteiger partial charge in [0.05, 0.1) is 18.3 Å². The Morgan fingerprint density at radius 2 is 2.11 bits per heavy atom. The summed E-state index contributed by atoms with van der Waals surface area (Å²) in [6, 6.07) is -0.132. The maximum Gasteiger partial charge on any atom is 0.307 e. The molecule has 0 spiro atoms. The molecule has 1 rings (SSSR count). The summed E-state index contributed by atoms with van der Waals surface area (Å²) in [5, 5.41) is 8.98. The van der Waals surface area contributed by atoms with Crippen molar-refractivity contribution in [2.75, 3.05) is 25.5 Å². The molecule has 1 aliphatic rings. The van der Waals surface area contributed by atoms with Crippen LogP contribution >= 0.6 is 0 Å². The van der Waals surface area contributed by atoms with E-state index in [4.69, 9.17) is 9.84 Å². The van der Waals surface area contributed by atoms with Gasteiger partial charge in [0.25, 0.3) is 0 Å². The Balaban J connectivity index is 2.69. The molecule has 18 heavy (non-hydrogen) atoms. The second kappa shape index (κ2) is 6.49. The van der Waals surface area contributed by atoms with E-state index in [2.05, 4.69) is 0 Å². The molecule has 0 aromatic carbocycles. The highest BCUT2D eigenvalue weighted by molar-refractivity contribution is 7.89. The van der Waals surface area contributed by atoms with E-state index in [0.717, 1.165) is 0 Å². The van der Waals surface area contributed by atoms with Gasteiger partial charge in [0.2, 0.25) is 10.0 Å². The van der Waals surface area contributed by atoms with Crippen LogP contribution in [0.1, 0.15) is 26.7 Å². The van der Waals surface area contributed by atoms with Crippen molar-refractivity contribution in [1.82, 2.24) is 4.31 Å². The number of aliphatic carboxylic acids is 1. The number of sulfonamides is 1. The van der Waals surface area contributed by atoms with Crippen LogP contribution in [0.2, 0.25) is 0 Å². The van der Waals surface area contributed by atoms with Crippen LogP contribution in [0.4, 0.5) is 0 Å². The van der Waals surface area contributed by atoms with E-state index in [1.807, 2.05) is 6.92 Å². The minimum atomic E-state index is -3.43. The van der Waals surface area contributed by atoms with Crippen LogP contribution in [-0.4, -0.2) is 55.4 Å². The van der Waals surface area contributed by atoms with Crippen molar-refractivity contribution < 1.29 is 23.1 Å². The van der Waals surface area contributed by atoms with Gasteiger partial charge in [-0.1, -0.05) is 0 Å². The lowest BCUT2D eigenvalue weighted by molar-refractivity contribution is -0.143. The fourth-order valence-corrected chi connectivity index (χ4v) is 3.71. The molecule has 0 aromatic heterocycles. The largest absolute Gasteiger partial charge is 0.481 e. The number of carboxylic acid groups (broad SMARTS) is 1. The molecule has 1 heterocycles. The van der Waals surface area contributed by atoms with Gasteiger partial charge in [-0.25, -0.2) is 8.42 Å². The molecule has 106 valence electrons. The molecule has 0 bridgehead atoms. The summed E-state index contributed by atoms with van der Waals surface area (Å²) in [5.74, 6) is -1.60. The van der Waals surface area contributed by atoms with E-state index in [1.165, 1.54) is 4.31 Å². The number of nitrogens with zero attached hydrogens (tertiary/aromatic N) is 1. The van der Waals surface area contributed by atoms with Crippen LogP contribution in [0.5, 0.6) is 0 Å². The average Bonchev–Trinajstić information content (AvgIpc) is 2.29. The van der Waals surface area contributed by atoms with Crippen molar-refractivity contribution in [2.45, 2.75) is 32.7 Å². The molecular formula is C11H21NO5S. The molecule has 7 heteroatoms. The zero-order valence-corrected chi connectivity index (χ0v) is 11.6. The van der Waals surface area contributed by atoms with Gasteiger partial charge in [-0.3, -0.25) is 4.79 Å². The lowest BCUT2D eigenvalue weighted by Gasteiger charge is -2.35. The molecule has 0 amide bonds. The number of hydrogen-bond acceptors (Lipinski definition) is 4. The Bertz CT molecular complexity index is 381. The summed E-state index contributed by atoms with van der Waals surface area (Å²) in [6.07, 6.45) is 1.12. The number of rotatable bonds is 6. The predicted octanol–water partition coefficient (Wildman–Crippen LogP) is 0.538. The third-order valence-corrected chi connectivity index (χ3v) is 5.13. The molecule has 0 aliphatic carbocycles. The minimum absolute atomic E-state index is 0.0744. The van der Waals surface area contributed by atoms with Crippen LogP contribution in [0.3, 0.4) is 0 Å². The third-order valence-electron chi connectivity index (χ3n) is 3.22. The zero-order chi connectivity index (χ0) is 13.8. The van der Waals surface area contributed by atoms with Gasteiger partial charge < -0.3 is 9.84 Å². The normalized spacial score (nSPS) is 26.1. The van der Waals surface area contributed by atoms with Gasteiger partial charge in [-0.05, 0) is 26.7 Å². The van der Waals surface area contributed by atoms with E-state index in [1.54, 1.807) is 6.92 Å². The van der Waals surface area contributed by atoms with Gasteiger partial charge in [0, 0.05) is 19.2 Å². The van der Waals surface area contributed by atoms with Gasteiger partial charge in [0.1, 0.15) is 0 Å². The molecule has 0 radical (unpaired) electrons. The van der Waals surface area contributed by atoms with Crippen LogP contribution in [0.25, 0.3) is 0 Å². The molecule has 1 aliphatic heterocycles. The Kier molecular flexibility index (Phi) is 5.55. The van der Waals surface area contributed by atoms with Crippen molar-refractivity contribution >= 4 is 16.0 Å². The Hall–Kier alpha value is -0.660. The van der Waals surface area contributed by atoms with Gasteiger partial charge in [-0.2, -0.15) is 4.31 Å². The number of ether oxygens (including phenoxy) is 1. The average molecular weight is 279 g/mol. The number of carboxylic acids is 1. The maximum atomic E-state index is 12.1. The van der Waals surface area contributed by atoms with Gasteiger partial charge in [-0.15, -0.1) is 0 Å². The highest BCUT2D eigenvalue weighted by Gasteiger charge is 2.36. The van der Waals surface area contributed by atoms with E-state index in [-0.39, 0.29) is 24.9 Å². The van der Waals surface area contributed by atoms with Crippen LogP contribution in [0.15, 0.2) is 0 Å². The Labute approximate surface area is 108 Å². The molecule has 2 unspecified atom stereocenters. The molecule has 1 N–H and O–H groups in total. The quantitative estimate of drug-likeness (QED) is 0.717. The molecular weight excluding hydrogens is 258 g/mol. The van der Waals surface area contributed by atoms with Crippen molar-refractivity contribution in [1.29, 1.82) is 0 Å². The number of piperidine rings is 1. The van der Waals surface area contributed by atoms with Gasteiger partial charge >= 0.3 is 5.97 Å². The molecule has 1 saturated heterocycles. The van der Waals surface area contributed by atoms with E-state index in [9.17, 15) is 13.2 Å². The fourth-order valence-electron chi connectivity index (χ4n) is 2.09. The first-order valence-electron chi connectivity index (χ1n) is 6.18. The molecule has 6 nitrogen and oxygen atoms in total. The number of carbonyl (C=O) groups is 1. The van der Waals surface area contributed by atoms with E-state index >= 15 is 0 Å². The highest BCUT2D eigenvalue weighted by atomic mass is 32.2. The molecule has 2 atom stereocenters. The topological polar surface area (TPSA) is 83.9 Å². The summed E-state index contributed by atoms with van der Waals surface area (Å²) in [7, 11) is -3.43. The van der Waals surface area contributed by atoms with Crippen molar-refractivity contribution in [2.24, 2.45) is 5.92 Å². The fraction of sp³-hybridized carbons (Fsp3) is 0.909. The second-order valence-corrected chi connectivity index (χ2v) is 6.59. The molecule has 0 saturated carbocycles. The summed E-state index contributed by atoms with van der Waals surface area (Å²) in [4.78, 5) is 10.9. The summed E-state index contributed by atoms with van der Waals surface area (Å²) in [5.41, 5.74) is 0. The monoisotopic (exact) mass is 279 g/mol. The van der Waals surface area contributed by atoms with Crippen molar-refractivity contribution in [3.8, 4) is 0 Å². The summed E-state index contributed by atoms with van der Waals surface area (Å²) in [6.45, 7) is 4.32. The van der Waals surface area contributed by atoms with E-state index < -0.39 is 21.9 Å². The van der Waals surface area contributed by atoms with Crippen molar-refractivity contribution in [3.05, 3.63) is 0 Å². The second-order valence-electron chi connectivity index (χ2n) is 4.54. The first kappa shape index (κ1) is 15.4. The first-order valence-corrected chi connectivity index (χ1v) is 7.79. The Morgan fingerprint density at radius 1 is 1.44 bits per heavy atom. The lowest BCUT2D eigenvalue weighted by Crippen LogP contribution is -2.48. The van der Waals surface area contributed by atoms with Crippen LogP contribution < -0.4 is 0 Å². The standard InChI is InChI=1S/C11H21NO5S/c1-3-17-6-7-18(15,16)12-8-10(11(13)14)5-4-9(12)2/h9-10H,3-8H2,1-2H3,(H,13,14). The SMILES string of the molecule is CCOCCS(=O)(=O)N1CC(C(=O)O)CCC1C. The van der Waals surface area contributed by atoms with Crippen LogP contribution in [-0.2, 0) is 19.6 Å². The zero-order valence-electron chi connectivity index (χ0n) is 10.8. The van der Waals surface area contributed by atoms with Crippen molar-refractivity contribution in [3.63, 3.8) is 0 Å². The highest BCUT2D eigenvalue weighted by Crippen LogP contribution is 2.24. The Morgan fingerprint density at radius 3 is 2.67 bits per heavy atom. The van der Waals surface area contributed by atoms with Gasteiger partial charge in [0.15, 0.2) is 0 Å². The maximum absolute atomic E-state index is 12.1.